The molecule has 1 unspecified atom stereocenters. The van der Waals surface area contributed by atoms with E-state index >= 15 is 0 Å². The van der Waals surface area contributed by atoms with Gasteiger partial charge >= 0.3 is 0 Å². The lowest BCUT2D eigenvalue weighted by molar-refractivity contribution is 0.161. The van der Waals surface area contributed by atoms with E-state index in [2.05, 4.69) is 41.1 Å². The minimum Gasteiger partial charge on any atom is -0.497 e. The molecule has 0 radical (unpaired) electrons. The van der Waals surface area contributed by atoms with Gasteiger partial charge < -0.3 is 15.2 Å². The second-order valence-electron chi connectivity index (χ2n) is 5.36. The Balaban J connectivity index is 1.92. The molecule has 3 rings (SSSR count). The van der Waals surface area contributed by atoms with Gasteiger partial charge in [-0.05, 0) is 42.3 Å². The number of ether oxygens (including phenoxy) is 2. The van der Waals surface area contributed by atoms with E-state index in [9.17, 15) is 0 Å². The molecular formula is C17H18BrNO2. The van der Waals surface area contributed by atoms with Gasteiger partial charge in [0, 0.05) is 22.5 Å². The summed E-state index contributed by atoms with van der Waals surface area (Å²) in [5, 5.41) is 0. The van der Waals surface area contributed by atoms with Crippen LogP contribution in [0.3, 0.4) is 0 Å². The molecule has 0 saturated heterocycles. The second kappa shape index (κ2) is 5.70. The van der Waals surface area contributed by atoms with Gasteiger partial charge in [0.2, 0.25) is 0 Å². The summed E-state index contributed by atoms with van der Waals surface area (Å²) in [5.74, 6) is 1.65. The summed E-state index contributed by atoms with van der Waals surface area (Å²) in [6, 6.07) is 12.1. The summed E-state index contributed by atoms with van der Waals surface area (Å²) in [5.41, 5.74) is 9.68. The van der Waals surface area contributed by atoms with E-state index < -0.39 is 0 Å². The fourth-order valence-corrected chi connectivity index (χ4v) is 3.02. The molecule has 2 atom stereocenters. The number of rotatable bonds is 2. The Labute approximate surface area is 133 Å². The van der Waals surface area contributed by atoms with Crippen LogP contribution in [-0.2, 0) is 0 Å². The molecule has 21 heavy (non-hydrogen) atoms. The van der Waals surface area contributed by atoms with Crippen molar-refractivity contribution in [3.05, 3.63) is 57.6 Å². The zero-order chi connectivity index (χ0) is 15.0. The van der Waals surface area contributed by atoms with Crippen molar-refractivity contribution in [3.63, 3.8) is 0 Å². The van der Waals surface area contributed by atoms with Crippen LogP contribution in [0.5, 0.6) is 11.5 Å². The zero-order valence-corrected chi connectivity index (χ0v) is 13.7. The van der Waals surface area contributed by atoms with Gasteiger partial charge in [-0.15, -0.1) is 0 Å². The van der Waals surface area contributed by atoms with Crippen molar-refractivity contribution in [1.82, 2.24) is 0 Å². The quantitative estimate of drug-likeness (QED) is 0.881. The first kappa shape index (κ1) is 14.4. The van der Waals surface area contributed by atoms with Crippen molar-refractivity contribution in [2.75, 3.05) is 7.11 Å². The van der Waals surface area contributed by atoms with Crippen LogP contribution in [0.15, 0.2) is 40.9 Å². The molecule has 1 aliphatic heterocycles. The Morgan fingerprint density at radius 2 is 2.05 bits per heavy atom. The monoisotopic (exact) mass is 347 g/mol. The highest BCUT2D eigenvalue weighted by Gasteiger charge is 2.27. The third-order valence-electron chi connectivity index (χ3n) is 3.92. The predicted molar refractivity (Wildman–Crippen MR) is 86.8 cm³/mol. The van der Waals surface area contributed by atoms with Gasteiger partial charge in [-0.1, -0.05) is 28.1 Å². The molecule has 0 aromatic heterocycles. The summed E-state index contributed by atoms with van der Waals surface area (Å²) in [4.78, 5) is 0. The zero-order valence-electron chi connectivity index (χ0n) is 12.1. The van der Waals surface area contributed by atoms with Gasteiger partial charge in [-0.25, -0.2) is 0 Å². The molecule has 0 fully saturated rings. The third kappa shape index (κ3) is 2.78. The van der Waals surface area contributed by atoms with Gasteiger partial charge in [-0.2, -0.15) is 0 Å². The Hall–Kier alpha value is -1.52. The van der Waals surface area contributed by atoms with E-state index in [1.54, 1.807) is 7.11 Å². The Kier molecular flexibility index (Phi) is 3.91. The smallest absolute Gasteiger partial charge is 0.126 e. The van der Waals surface area contributed by atoms with Crippen LogP contribution < -0.4 is 15.2 Å². The van der Waals surface area contributed by atoms with Crippen molar-refractivity contribution in [2.24, 2.45) is 5.73 Å². The van der Waals surface area contributed by atoms with E-state index in [0.717, 1.165) is 33.5 Å². The summed E-state index contributed by atoms with van der Waals surface area (Å²) in [6.45, 7) is 2.07. The summed E-state index contributed by atoms with van der Waals surface area (Å²) in [6.07, 6.45) is 0.744. The average molecular weight is 348 g/mol. The number of aryl methyl sites for hydroxylation is 1. The first-order chi connectivity index (χ1) is 10.1. The third-order valence-corrected chi connectivity index (χ3v) is 4.78. The van der Waals surface area contributed by atoms with E-state index in [1.165, 1.54) is 5.56 Å². The van der Waals surface area contributed by atoms with Crippen LogP contribution in [-0.4, -0.2) is 7.11 Å². The van der Waals surface area contributed by atoms with Gasteiger partial charge in [0.1, 0.15) is 17.6 Å². The van der Waals surface area contributed by atoms with E-state index in [4.69, 9.17) is 15.2 Å². The molecule has 0 bridgehead atoms. The molecule has 4 heteroatoms. The van der Waals surface area contributed by atoms with Gasteiger partial charge in [-0.3, -0.25) is 0 Å². The molecule has 2 aromatic carbocycles. The van der Waals surface area contributed by atoms with Crippen LogP contribution in [0.25, 0.3) is 0 Å². The maximum Gasteiger partial charge on any atom is 0.126 e. The fourth-order valence-electron chi connectivity index (χ4n) is 2.62. The van der Waals surface area contributed by atoms with Crippen molar-refractivity contribution in [2.45, 2.75) is 25.5 Å². The molecule has 110 valence electrons. The largest absolute Gasteiger partial charge is 0.497 e. The van der Waals surface area contributed by atoms with Crippen molar-refractivity contribution in [1.29, 1.82) is 0 Å². The molecule has 1 heterocycles. The summed E-state index contributed by atoms with van der Waals surface area (Å²) >= 11 is 3.58. The Morgan fingerprint density at radius 3 is 2.76 bits per heavy atom. The average Bonchev–Trinajstić information content (AvgIpc) is 2.49. The van der Waals surface area contributed by atoms with Gasteiger partial charge in [0.15, 0.2) is 0 Å². The first-order valence-corrected chi connectivity index (χ1v) is 7.74. The molecule has 1 aliphatic rings. The molecule has 0 amide bonds. The lowest BCUT2D eigenvalue weighted by Crippen LogP contribution is -2.24. The number of nitrogens with two attached hydrogens (primary N) is 1. The predicted octanol–water partition coefficient (Wildman–Crippen LogP) is 4.29. The number of benzene rings is 2. The molecule has 2 N–H and O–H groups in total. The van der Waals surface area contributed by atoms with Crippen LogP contribution >= 0.6 is 15.9 Å². The van der Waals surface area contributed by atoms with Gasteiger partial charge in [0.05, 0.1) is 7.11 Å². The minimum absolute atomic E-state index is 0.0159. The number of halogens is 1. The first-order valence-electron chi connectivity index (χ1n) is 6.94. The molecule has 3 nitrogen and oxygen atoms in total. The maximum atomic E-state index is 6.32. The lowest BCUT2D eigenvalue weighted by Gasteiger charge is -2.31. The normalized spacial score (nSPS) is 20.6. The number of hydrogen-bond acceptors (Lipinski definition) is 3. The maximum absolute atomic E-state index is 6.32. The highest BCUT2D eigenvalue weighted by atomic mass is 79.9. The van der Waals surface area contributed by atoms with Crippen LogP contribution in [0.1, 0.15) is 35.3 Å². The molecular weight excluding hydrogens is 330 g/mol. The molecule has 2 aromatic rings. The number of fused-ring (bicyclic) bond motifs is 1. The van der Waals surface area contributed by atoms with E-state index in [0.29, 0.717) is 0 Å². The number of methoxy groups -OCH3 is 1. The fraction of sp³-hybridized carbons (Fsp3) is 0.294. The molecule has 0 spiro atoms. The van der Waals surface area contributed by atoms with E-state index in [1.807, 2.05) is 18.2 Å². The van der Waals surface area contributed by atoms with Gasteiger partial charge in [0.25, 0.3) is 0 Å². The number of hydrogen-bond donors (Lipinski definition) is 1. The lowest BCUT2D eigenvalue weighted by atomic mass is 9.93. The van der Waals surface area contributed by atoms with Crippen LogP contribution in [0, 0.1) is 6.92 Å². The van der Waals surface area contributed by atoms with Crippen LogP contribution in [0.2, 0.25) is 0 Å². The van der Waals surface area contributed by atoms with Crippen molar-refractivity contribution >= 4 is 15.9 Å². The second-order valence-corrected chi connectivity index (χ2v) is 6.22. The Bertz CT molecular complexity index is 672. The van der Waals surface area contributed by atoms with Crippen molar-refractivity contribution in [3.8, 4) is 11.5 Å². The van der Waals surface area contributed by atoms with Crippen LogP contribution in [0.4, 0.5) is 0 Å². The highest BCUT2D eigenvalue weighted by Crippen LogP contribution is 2.41. The van der Waals surface area contributed by atoms with Crippen molar-refractivity contribution < 1.29 is 9.47 Å². The van der Waals surface area contributed by atoms with E-state index in [-0.39, 0.29) is 12.1 Å². The summed E-state index contributed by atoms with van der Waals surface area (Å²) in [7, 11) is 1.66. The topological polar surface area (TPSA) is 44.5 Å². The minimum atomic E-state index is -0.0473. The molecule has 0 saturated carbocycles. The molecule has 0 aliphatic carbocycles. The SMILES string of the molecule is COc1ccc2c(c1)[C@@H](N)CC(c1ccc(C)c(Br)c1)O2. The standard InChI is InChI=1S/C17H18BrNO2/c1-10-3-4-11(7-14(10)18)17-9-15(19)13-8-12(20-2)5-6-16(13)21-17/h3-8,15,17H,9,19H2,1-2H3/t15-,17?/m0/s1. The summed E-state index contributed by atoms with van der Waals surface area (Å²) < 4.78 is 12.5. The Morgan fingerprint density at radius 1 is 1.24 bits per heavy atom. The highest BCUT2D eigenvalue weighted by molar-refractivity contribution is 9.10.